The molecule has 0 amide bonds. The summed E-state index contributed by atoms with van der Waals surface area (Å²) in [4.78, 5) is 6.73. The lowest BCUT2D eigenvalue weighted by molar-refractivity contribution is -0.0371. The van der Waals surface area contributed by atoms with E-state index in [1.54, 1.807) is 0 Å². The molecule has 2 aliphatic rings. The maximum Gasteiger partial charge on any atom is 0.180 e. The van der Waals surface area contributed by atoms with Crippen LogP contribution in [0.1, 0.15) is 23.3 Å². The van der Waals surface area contributed by atoms with Crippen LogP contribution < -0.4 is 9.47 Å². The van der Waals surface area contributed by atoms with Crippen molar-refractivity contribution in [3.8, 4) is 11.5 Å². The molecule has 1 N–H and O–H groups in total. The van der Waals surface area contributed by atoms with Crippen molar-refractivity contribution in [3.63, 3.8) is 0 Å². The van der Waals surface area contributed by atoms with E-state index in [0.717, 1.165) is 42.8 Å². The average molecular weight is 316 g/mol. The van der Waals surface area contributed by atoms with E-state index in [-0.39, 0.29) is 6.10 Å². The molecule has 7 heteroatoms. The number of aryl methyl sites for hydroxylation is 1. The number of hydrogen-bond donors (Lipinski definition) is 1. The zero-order valence-corrected chi connectivity index (χ0v) is 13.1. The highest BCUT2D eigenvalue weighted by atomic mass is 16.6. The van der Waals surface area contributed by atoms with E-state index < -0.39 is 0 Å². The minimum Gasteiger partial charge on any atom is -0.486 e. The predicted octanol–water partition coefficient (Wildman–Crippen LogP) is 1.46. The Morgan fingerprint density at radius 3 is 2.91 bits per heavy atom. The Morgan fingerprint density at radius 1 is 1.22 bits per heavy atom. The van der Waals surface area contributed by atoms with Crippen molar-refractivity contribution < 1.29 is 14.2 Å². The molecule has 23 heavy (non-hydrogen) atoms. The number of nitrogens with one attached hydrogen (secondary N) is 1. The molecule has 1 aromatic carbocycles. The summed E-state index contributed by atoms with van der Waals surface area (Å²) in [5, 5.41) is 7.09. The Hall–Kier alpha value is -2.12. The van der Waals surface area contributed by atoms with Gasteiger partial charge in [-0.05, 0) is 24.6 Å². The summed E-state index contributed by atoms with van der Waals surface area (Å²) in [5.41, 5.74) is 1.21. The highest BCUT2D eigenvalue weighted by molar-refractivity contribution is 5.43. The van der Waals surface area contributed by atoms with Crippen LogP contribution in [0.3, 0.4) is 0 Å². The summed E-state index contributed by atoms with van der Waals surface area (Å²) >= 11 is 0. The van der Waals surface area contributed by atoms with Gasteiger partial charge in [0, 0.05) is 19.6 Å². The highest BCUT2D eigenvalue weighted by Crippen LogP contribution is 2.31. The Balaban J connectivity index is 1.44. The van der Waals surface area contributed by atoms with Crippen LogP contribution in [0.15, 0.2) is 18.2 Å². The second-order valence-corrected chi connectivity index (χ2v) is 5.85. The van der Waals surface area contributed by atoms with Gasteiger partial charge in [0.2, 0.25) is 0 Å². The number of nitrogens with zero attached hydrogens (tertiary/aromatic N) is 3. The third kappa shape index (κ3) is 3.16. The van der Waals surface area contributed by atoms with E-state index in [9.17, 15) is 0 Å². The molecule has 7 nitrogen and oxygen atoms in total. The standard InChI is InChI=1S/C16H20N4O3/c1-11-17-16(19-18-11)15-10-20(4-5-21-15)9-12-2-3-13-14(8-12)23-7-6-22-13/h2-3,8,15H,4-7,9-10H2,1H3,(H,17,18,19). The van der Waals surface area contributed by atoms with E-state index in [1.807, 2.05) is 13.0 Å². The van der Waals surface area contributed by atoms with Gasteiger partial charge >= 0.3 is 0 Å². The first-order chi connectivity index (χ1) is 11.3. The van der Waals surface area contributed by atoms with Crippen LogP contribution in [-0.2, 0) is 11.3 Å². The van der Waals surface area contributed by atoms with Crippen molar-refractivity contribution in [2.75, 3.05) is 32.9 Å². The predicted molar refractivity (Wildman–Crippen MR) is 82.5 cm³/mol. The summed E-state index contributed by atoms with van der Waals surface area (Å²) in [5.74, 6) is 3.21. The zero-order chi connectivity index (χ0) is 15.6. The lowest BCUT2D eigenvalue weighted by Crippen LogP contribution is -2.38. The molecule has 1 saturated heterocycles. The monoisotopic (exact) mass is 316 g/mol. The summed E-state index contributed by atoms with van der Waals surface area (Å²) < 4.78 is 17.0. The van der Waals surface area contributed by atoms with Gasteiger partial charge in [0.1, 0.15) is 25.1 Å². The second kappa shape index (κ2) is 6.17. The van der Waals surface area contributed by atoms with E-state index in [4.69, 9.17) is 14.2 Å². The molecule has 1 fully saturated rings. The van der Waals surface area contributed by atoms with Crippen molar-refractivity contribution in [2.24, 2.45) is 0 Å². The molecule has 1 unspecified atom stereocenters. The van der Waals surface area contributed by atoms with Crippen LogP contribution in [0, 0.1) is 6.92 Å². The Labute approximate surface area is 134 Å². The summed E-state index contributed by atoms with van der Waals surface area (Å²) in [7, 11) is 0. The lowest BCUT2D eigenvalue weighted by Gasteiger charge is -2.31. The number of rotatable bonds is 3. The average Bonchev–Trinajstić information content (AvgIpc) is 3.02. The summed E-state index contributed by atoms with van der Waals surface area (Å²) in [6, 6.07) is 6.14. The van der Waals surface area contributed by atoms with E-state index in [0.29, 0.717) is 19.8 Å². The van der Waals surface area contributed by atoms with Crippen LogP contribution in [0.5, 0.6) is 11.5 Å². The maximum absolute atomic E-state index is 5.80. The van der Waals surface area contributed by atoms with Crippen LogP contribution >= 0.6 is 0 Å². The molecule has 0 aliphatic carbocycles. The van der Waals surface area contributed by atoms with E-state index >= 15 is 0 Å². The number of hydrogen-bond acceptors (Lipinski definition) is 6. The number of aromatic amines is 1. The van der Waals surface area contributed by atoms with Gasteiger partial charge in [-0.2, -0.15) is 5.10 Å². The number of morpholine rings is 1. The first-order valence-electron chi connectivity index (χ1n) is 7.89. The number of H-pyrrole nitrogens is 1. The topological polar surface area (TPSA) is 72.5 Å². The molecule has 2 aliphatic heterocycles. The maximum atomic E-state index is 5.80. The third-order valence-corrected chi connectivity index (χ3v) is 4.07. The normalized spacial score (nSPS) is 21.3. The Kier molecular flexibility index (Phi) is 3.88. The molecule has 1 aromatic heterocycles. The van der Waals surface area contributed by atoms with Crippen molar-refractivity contribution in [1.29, 1.82) is 0 Å². The fraction of sp³-hybridized carbons (Fsp3) is 0.500. The summed E-state index contributed by atoms with van der Waals surface area (Å²) in [6.07, 6.45) is -0.0779. The molecule has 0 spiro atoms. The molecule has 3 heterocycles. The van der Waals surface area contributed by atoms with E-state index in [1.165, 1.54) is 5.56 Å². The van der Waals surface area contributed by atoms with Gasteiger partial charge in [-0.25, -0.2) is 4.98 Å². The van der Waals surface area contributed by atoms with Crippen LogP contribution in [0.2, 0.25) is 0 Å². The van der Waals surface area contributed by atoms with Gasteiger partial charge in [0.05, 0.1) is 6.61 Å². The first kappa shape index (κ1) is 14.5. The molecule has 1 atom stereocenters. The molecular formula is C16H20N4O3. The van der Waals surface area contributed by atoms with Crippen molar-refractivity contribution in [3.05, 3.63) is 35.4 Å². The molecular weight excluding hydrogens is 296 g/mol. The van der Waals surface area contributed by atoms with Gasteiger partial charge in [-0.1, -0.05) is 6.07 Å². The third-order valence-electron chi connectivity index (χ3n) is 4.07. The van der Waals surface area contributed by atoms with Gasteiger partial charge < -0.3 is 14.2 Å². The van der Waals surface area contributed by atoms with Gasteiger partial charge in [-0.3, -0.25) is 10.00 Å². The fourth-order valence-corrected chi connectivity index (χ4v) is 2.95. The smallest absolute Gasteiger partial charge is 0.180 e. The largest absolute Gasteiger partial charge is 0.486 e. The molecule has 0 radical (unpaired) electrons. The van der Waals surface area contributed by atoms with Gasteiger partial charge in [0.25, 0.3) is 0 Å². The van der Waals surface area contributed by atoms with Crippen molar-refractivity contribution in [1.82, 2.24) is 20.1 Å². The minimum absolute atomic E-state index is 0.0779. The highest BCUT2D eigenvalue weighted by Gasteiger charge is 2.25. The number of fused-ring (bicyclic) bond motifs is 1. The number of ether oxygens (including phenoxy) is 3. The van der Waals surface area contributed by atoms with Crippen LogP contribution in [0.4, 0.5) is 0 Å². The molecule has 0 saturated carbocycles. The Morgan fingerprint density at radius 2 is 2.09 bits per heavy atom. The minimum atomic E-state index is -0.0779. The van der Waals surface area contributed by atoms with Crippen molar-refractivity contribution in [2.45, 2.75) is 19.6 Å². The molecule has 122 valence electrons. The molecule has 4 rings (SSSR count). The SMILES string of the molecule is Cc1nc(C2CN(Cc3ccc4c(c3)OCCO4)CCO2)n[nH]1. The number of benzene rings is 1. The molecule has 2 aromatic rings. The van der Waals surface area contributed by atoms with E-state index in [2.05, 4.69) is 32.2 Å². The quantitative estimate of drug-likeness (QED) is 0.924. The zero-order valence-electron chi connectivity index (χ0n) is 13.1. The fourth-order valence-electron chi connectivity index (χ4n) is 2.95. The summed E-state index contributed by atoms with van der Waals surface area (Å²) in [6.45, 7) is 6.34. The number of aromatic nitrogens is 3. The first-order valence-corrected chi connectivity index (χ1v) is 7.89. The van der Waals surface area contributed by atoms with Crippen molar-refractivity contribution >= 4 is 0 Å². The van der Waals surface area contributed by atoms with Crippen LogP contribution in [-0.4, -0.2) is 53.0 Å². The Bertz CT molecular complexity index is 688. The lowest BCUT2D eigenvalue weighted by atomic mass is 10.1. The van der Waals surface area contributed by atoms with Gasteiger partial charge in [-0.15, -0.1) is 0 Å². The molecule has 0 bridgehead atoms. The van der Waals surface area contributed by atoms with Crippen LogP contribution in [0.25, 0.3) is 0 Å². The van der Waals surface area contributed by atoms with Gasteiger partial charge in [0.15, 0.2) is 17.3 Å². The second-order valence-electron chi connectivity index (χ2n) is 5.85.